The first kappa shape index (κ1) is 22.5. The number of rotatable bonds is 5. The molecule has 2 heterocycles. The highest BCUT2D eigenvalue weighted by Crippen LogP contribution is 2.64. The van der Waals surface area contributed by atoms with Crippen LogP contribution in [0.4, 0.5) is 10.1 Å². The largest absolute Gasteiger partial charge is 0.347 e. The minimum absolute atomic E-state index is 0.112. The van der Waals surface area contributed by atoms with Gasteiger partial charge in [-0.1, -0.05) is 29.8 Å². The number of hydrogen-bond acceptors (Lipinski definition) is 5. The fourth-order valence-corrected chi connectivity index (χ4v) is 6.91. The van der Waals surface area contributed by atoms with Crippen LogP contribution >= 0.6 is 42.1 Å². The Morgan fingerprint density at radius 2 is 1.87 bits per heavy atom. The zero-order valence-electron chi connectivity index (χ0n) is 16.1. The Labute approximate surface area is 192 Å². The fourth-order valence-electron chi connectivity index (χ4n) is 3.41. The minimum Gasteiger partial charge on any atom is -0.308 e. The standard InChI is InChI=1S/C21H17Cl2FNO4PS/c1-2-25(18-11-14(23)4-6-17(18)24)21(26)20(30(27)28-8-3-9-29-30)16-12-31-19-7-5-13(22)10-15(16)19/h2,4-7,10-12,20H,1,3,8-9H2. The lowest BCUT2D eigenvalue weighted by molar-refractivity contribution is -0.118. The monoisotopic (exact) mass is 499 g/mol. The number of thiophene rings is 1. The van der Waals surface area contributed by atoms with Crippen molar-refractivity contribution in [3.8, 4) is 0 Å². The van der Waals surface area contributed by atoms with E-state index in [0.29, 0.717) is 22.4 Å². The summed E-state index contributed by atoms with van der Waals surface area (Å²) in [5.74, 6) is -1.39. The van der Waals surface area contributed by atoms with E-state index in [1.165, 1.54) is 23.5 Å². The van der Waals surface area contributed by atoms with Gasteiger partial charge in [-0.15, -0.1) is 11.3 Å². The van der Waals surface area contributed by atoms with Gasteiger partial charge < -0.3 is 9.05 Å². The summed E-state index contributed by atoms with van der Waals surface area (Å²) in [6, 6.07) is 9.05. The van der Waals surface area contributed by atoms with Gasteiger partial charge in [0.15, 0.2) is 5.66 Å². The van der Waals surface area contributed by atoms with E-state index >= 15 is 0 Å². The molecule has 1 amide bonds. The summed E-state index contributed by atoms with van der Waals surface area (Å²) >= 11 is 13.6. The van der Waals surface area contributed by atoms with Gasteiger partial charge in [0.05, 0.1) is 18.9 Å². The highest BCUT2D eigenvalue weighted by molar-refractivity contribution is 7.55. The van der Waals surface area contributed by atoms with E-state index in [0.717, 1.165) is 21.9 Å². The number of hydrogen-bond donors (Lipinski definition) is 0. The molecule has 4 rings (SSSR count). The Morgan fingerprint density at radius 1 is 1.19 bits per heavy atom. The van der Waals surface area contributed by atoms with E-state index in [2.05, 4.69) is 6.58 Å². The first-order valence-electron chi connectivity index (χ1n) is 9.30. The SMILES string of the molecule is C=CN(C(=O)C(c1csc2ccc(Cl)cc12)P1(=O)OCCCO1)c1cc(Cl)ccc1F. The van der Waals surface area contributed by atoms with Crippen molar-refractivity contribution >= 4 is 63.8 Å². The van der Waals surface area contributed by atoms with Crippen molar-refractivity contribution in [2.45, 2.75) is 12.1 Å². The molecule has 2 aromatic carbocycles. The second-order valence-electron chi connectivity index (χ2n) is 6.78. The molecule has 1 atom stereocenters. The molecule has 0 radical (unpaired) electrons. The van der Waals surface area contributed by atoms with Crippen LogP contribution in [0.1, 0.15) is 17.6 Å². The zero-order chi connectivity index (χ0) is 22.2. The maximum Gasteiger partial charge on any atom is 0.347 e. The van der Waals surface area contributed by atoms with Gasteiger partial charge in [-0.2, -0.15) is 0 Å². The predicted molar refractivity (Wildman–Crippen MR) is 123 cm³/mol. The Balaban J connectivity index is 1.88. The summed E-state index contributed by atoms with van der Waals surface area (Å²) in [7, 11) is -3.93. The Bertz CT molecular complexity index is 1210. The first-order chi connectivity index (χ1) is 14.8. The van der Waals surface area contributed by atoms with Gasteiger partial charge in [-0.05, 0) is 59.1 Å². The van der Waals surface area contributed by atoms with Gasteiger partial charge in [0, 0.05) is 20.9 Å². The first-order valence-corrected chi connectivity index (χ1v) is 12.5. The molecule has 162 valence electrons. The van der Waals surface area contributed by atoms with Crippen LogP contribution in [0, 0.1) is 5.82 Å². The van der Waals surface area contributed by atoms with Gasteiger partial charge >= 0.3 is 7.60 Å². The molecule has 10 heteroatoms. The van der Waals surface area contributed by atoms with Crippen LogP contribution in [0.15, 0.2) is 54.6 Å². The molecule has 0 aliphatic carbocycles. The van der Waals surface area contributed by atoms with Gasteiger partial charge in [0.2, 0.25) is 0 Å². The van der Waals surface area contributed by atoms with E-state index in [1.807, 2.05) is 6.07 Å². The number of amides is 1. The minimum atomic E-state index is -3.93. The van der Waals surface area contributed by atoms with E-state index in [4.69, 9.17) is 32.2 Å². The molecule has 1 fully saturated rings. The third-order valence-electron chi connectivity index (χ3n) is 4.83. The zero-order valence-corrected chi connectivity index (χ0v) is 19.3. The fraction of sp³-hybridized carbons (Fsp3) is 0.190. The normalized spacial score (nSPS) is 16.7. The lowest BCUT2D eigenvalue weighted by Gasteiger charge is -2.32. The van der Waals surface area contributed by atoms with Gasteiger partial charge in [-0.25, -0.2) is 4.39 Å². The van der Waals surface area contributed by atoms with E-state index < -0.39 is 25.0 Å². The molecule has 1 unspecified atom stereocenters. The van der Waals surface area contributed by atoms with Crippen LogP contribution in [0.5, 0.6) is 0 Å². The lowest BCUT2D eigenvalue weighted by atomic mass is 10.1. The number of nitrogens with zero attached hydrogens (tertiary/aromatic N) is 1. The third-order valence-corrected chi connectivity index (χ3v) is 8.50. The summed E-state index contributed by atoms with van der Waals surface area (Å²) in [6.07, 6.45) is 1.71. The smallest absolute Gasteiger partial charge is 0.308 e. The summed E-state index contributed by atoms with van der Waals surface area (Å²) in [4.78, 5) is 14.7. The Morgan fingerprint density at radius 3 is 2.58 bits per heavy atom. The quantitative estimate of drug-likeness (QED) is 0.348. The molecule has 1 aromatic heterocycles. The maximum atomic E-state index is 14.6. The van der Waals surface area contributed by atoms with Crippen LogP contribution in [0.25, 0.3) is 10.1 Å². The molecule has 1 aliphatic heterocycles. The molecular weight excluding hydrogens is 483 g/mol. The number of fused-ring (bicyclic) bond motifs is 1. The van der Waals surface area contributed by atoms with Crippen molar-refractivity contribution in [3.05, 3.63) is 76.0 Å². The van der Waals surface area contributed by atoms with Crippen molar-refractivity contribution in [1.29, 1.82) is 0 Å². The molecule has 1 saturated heterocycles. The number of carbonyl (C=O) groups excluding carboxylic acids is 1. The number of carbonyl (C=O) groups is 1. The van der Waals surface area contributed by atoms with Crippen molar-refractivity contribution in [2.24, 2.45) is 0 Å². The summed E-state index contributed by atoms with van der Waals surface area (Å²) in [6.45, 7) is 4.01. The van der Waals surface area contributed by atoms with Gasteiger partial charge in [-0.3, -0.25) is 14.3 Å². The van der Waals surface area contributed by atoms with Crippen LogP contribution in [0.2, 0.25) is 10.0 Å². The molecule has 5 nitrogen and oxygen atoms in total. The molecule has 0 N–H and O–H groups in total. The highest BCUT2D eigenvalue weighted by atomic mass is 35.5. The topological polar surface area (TPSA) is 55.8 Å². The average Bonchev–Trinajstić information content (AvgIpc) is 3.14. The summed E-state index contributed by atoms with van der Waals surface area (Å²) in [5, 5.41) is 3.07. The molecule has 31 heavy (non-hydrogen) atoms. The predicted octanol–water partition coefficient (Wildman–Crippen LogP) is 7.20. The number of anilines is 1. The average molecular weight is 500 g/mol. The van der Waals surface area contributed by atoms with Gasteiger partial charge in [0.25, 0.3) is 5.91 Å². The van der Waals surface area contributed by atoms with Crippen molar-refractivity contribution < 1.29 is 22.8 Å². The highest BCUT2D eigenvalue weighted by Gasteiger charge is 2.47. The van der Waals surface area contributed by atoms with Crippen molar-refractivity contribution in [3.63, 3.8) is 0 Å². The molecule has 0 bridgehead atoms. The second kappa shape index (κ2) is 9.02. The molecule has 0 spiro atoms. The van der Waals surface area contributed by atoms with Crippen LogP contribution in [-0.2, 0) is 18.4 Å². The molecule has 0 saturated carbocycles. The lowest BCUT2D eigenvalue weighted by Crippen LogP contribution is -2.33. The molecular formula is C21H17Cl2FNO4PS. The van der Waals surface area contributed by atoms with E-state index in [-0.39, 0.29) is 23.9 Å². The van der Waals surface area contributed by atoms with Gasteiger partial charge in [0.1, 0.15) is 5.82 Å². The maximum absolute atomic E-state index is 14.6. The molecule has 3 aromatic rings. The number of benzene rings is 2. The van der Waals surface area contributed by atoms with Crippen LogP contribution in [0.3, 0.4) is 0 Å². The van der Waals surface area contributed by atoms with Crippen molar-refractivity contribution in [1.82, 2.24) is 0 Å². The third kappa shape index (κ3) is 4.31. The second-order valence-corrected chi connectivity index (χ2v) is 10.7. The van der Waals surface area contributed by atoms with Crippen LogP contribution in [-0.4, -0.2) is 19.1 Å². The summed E-state index contributed by atoms with van der Waals surface area (Å²) in [5.41, 5.74) is -1.01. The Hall–Kier alpha value is -1.73. The van der Waals surface area contributed by atoms with Crippen LogP contribution < -0.4 is 4.90 Å². The van der Waals surface area contributed by atoms with E-state index in [9.17, 15) is 13.8 Å². The van der Waals surface area contributed by atoms with E-state index in [1.54, 1.807) is 17.5 Å². The summed E-state index contributed by atoms with van der Waals surface area (Å²) < 4.78 is 40.2. The van der Waals surface area contributed by atoms with Crippen molar-refractivity contribution in [2.75, 3.05) is 18.1 Å². The molecule has 1 aliphatic rings. The Kier molecular flexibility index (Phi) is 6.54. The number of halogens is 3.